The van der Waals surface area contributed by atoms with Gasteiger partial charge in [-0.2, -0.15) is 0 Å². The molecule has 0 aromatic carbocycles. The molecule has 0 aliphatic heterocycles. The molecular formula is C20H28N4O3S2. The fourth-order valence-electron chi connectivity index (χ4n) is 3.45. The molecule has 2 heterocycles. The molecule has 158 valence electrons. The highest BCUT2D eigenvalue weighted by Gasteiger charge is 2.25. The zero-order valence-electron chi connectivity index (χ0n) is 17.3. The van der Waals surface area contributed by atoms with Gasteiger partial charge < -0.3 is 5.32 Å². The lowest BCUT2D eigenvalue weighted by Crippen LogP contribution is -2.38. The second-order valence-electron chi connectivity index (χ2n) is 7.98. The molecule has 1 atom stereocenters. The van der Waals surface area contributed by atoms with Crippen LogP contribution in [0.5, 0.6) is 0 Å². The van der Waals surface area contributed by atoms with E-state index in [2.05, 4.69) is 31.4 Å². The van der Waals surface area contributed by atoms with Crippen molar-refractivity contribution in [3.8, 4) is 0 Å². The lowest BCUT2D eigenvalue weighted by atomic mass is 9.89. The van der Waals surface area contributed by atoms with Crippen LogP contribution in [0.15, 0.2) is 9.95 Å². The first-order valence-electron chi connectivity index (χ1n) is 9.99. The summed E-state index contributed by atoms with van der Waals surface area (Å²) in [5.41, 5.74) is 1.17. The molecule has 2 aromatic heterocycles. The Morgan fingerprint density at radius 2 is 2.14 bits per heavy atom. The molecular weight excluding hydrogens is 408 g/mol. The van der Waals surface area contributed by atoms with Crippen LogP contribution >= 0.6 is 23.1 Å². The van der Waals surface area contributed by atoms with Gasteiger partial charge in [0.2, 0.25) is 5.91 Å². The zero-order valence-corrected chi connectivity index (χ0v) is 19.0. The summed E-state index contributed by atoms with van der Waals surface area (Å²) < 4.78 is 1.71. The molecule has 7 nitrogen and oxygen atoms in total. The van der Waals surface area contributed by atoms with E-state index in [1.54, 1.807) is 15.9 Å². The highest BCUT2D eigenvalue weighted by atomic mass is 32.2. The van der Waals surface area contributed by atoms with Crippen molar-refractivity contribution in [1.29, 1.82) is 0 Å². The van der Waals surface area contributed by atoms with Crippen LogP contribution in [0.25, 0.3) is 10.2 Å². The fraction of sp³-hybridized carbons (Fsp3) is 0.600. The van der Waals surface area contributed by atoms with Gasteiger partial charge in [-0.05, 0) is 43.1 Å². The van der Waals surface area contributed by atoms with Crippen molar-refractivity contribution in [3.63, 3.8) is 0 Å². The second-order valence-corrected chi connectivity index (χ2v) is 10.0. The average Bonchev–Trinajstić information content (AvgIpc) is 3.02. The molecule has 2 aromatic rings. The van der Waals surface area contributed by atoms with Crippen LogP contribution in [-0.4, -0.2) is 34.3 Å². The minimum absolute atomic E-state index is 0.00286. The Morgan fingerprint density at radius 3 is 2.83 bits per heavy atom. The van der Waals surface area contributed by atoms with Gasteiger partial charge in [0.05, 0.1) is 11.1 Å². The first kappa shape index (κ1) is 21.8. The Morgan fingerprint density at radius 1 is 1.38 bits per heavy atom. The third kappa shape index (κ3) is 5.01. The quantitative estimate of drug-likeness (QED) is 0.536. The number of aryl methyl sites for hydroxylation is 1. The van der Waals surface area contributed by atoms with Gasteiger partial charge >= 0.3 is 6.03 Å². The molecule has 1 aliphatic carbocycles. The van der Waals surface area contributed by atoms with Crippen molar-refractivity contribution >= 4 is 45.3 Å². The molecule has 2 N–H and O–H groups in total. The third-order valence-electron chi connectivity index (χ3n) is 5.12. The molecule has 1 aliphatic rings. The van der Waals surface area contributed by atoms with E-state index in [9.17, 15) is 14.4 Å². The van der Waals surface area contributed by atoms with E-state index in [1.807, 2.05) is 0 Å². The number of amides is 3. The maximum atomic E-state index is 13.4. The number of fused-ring (bicyclic) bond motifs is 3. The summed E-state index contributed by atoms with van der Waals surface area (Å²) in [5.74, 6) is 0.679. The SMILES string of the molecule is CNC(=O)NC(=O)CSc1nc2sc3c(c2c(=O)n1CCC(C)C)CC[C@@H](C)C3. The van der Waals surface area contributed by atoms with E-state index in [0.717, 1.165) is 35.9 Å². The molecule has 9 heteroatoms. The number of rotatable bonds is 6. The van der Waals surface area contributed by atoms with Crippen molar-refractivity contribution < 1.29 is 9.59 Å². The topological polar surface area (TPSA) is 93.1 Å². The van der Waals surface area contributed by atoms with Gasteiger partial charge in [0.15, 0.2) is 5.16 Å². The number of nitrogens with zero attached hydrogens (tertiary/aromatic N) is 2. The number of thiophene rings is 1. The van der Waals surface area contributed by atoms with Crippen molar-refractivity contribution in [2.24, 2.45) is 11.8 Å². The number of hydrogen-bond acceptors (Lipinski definition) is 6. The Labute approximate surface area is 178 Å². The van der Waals surface area contributed by atoms with Gasteiger partial charge in [0, 0.05) is 18.5 Å². The molecule has 0 radical (unpaired) electrons. The van der Waals surface area contributed by atoms with Gasteiger partial charge in [-0.15, -0.1) is 11.3 Å². The van der Waals surface area contributed by atoms with Crippen molar-refractivity contribution in [2.45, 2.75) is 58.2 Å². The summed E-state index contributed by atoms with van der Waals surface area (Å²) >= 11 is 2.81. The average molecular weight is 437 g/mol. The van der Waals surface area contributed by atoms with Crippen LogP contribution in [-0.2, 0) is 24.2 Å². The monoisotopic (exact) mass is 436 g/mol. The Hall–Kier alpha value is -1.87. The summed E-state index contributed by atoms with van der Waals surface area (Å²) in [6.45, 7) is 7.05. The summed E-state index contributed by atoms with van der Waals surface area (Å²) in [4.78, 5) is 43.5. The fourth-order valence-corrected chi connectivity index (χ4v) is 5.70. The number of hydrogen-bond donors (Lipinski definition) is 2. The normalized spacial score (nSPS) is 16.1. The molecule has 0 unspecified atom stereocenters. The number of nitrogens with one attached hydrogen (secondary N) is 2. The number of aromatic nitrogens is 2. The lowest BCUT2D eigenvalue weighted by Gasteiger charge is -2.18. The van der Waals surface area contributed by atoms with Crippen molar-refractivity contribution in [3.05, 3.63) is 20.8 Å². The summed E-state index contributed by atoms with van der Waals surface area (Å²) in [6, 6.07) is -0.545. The molecule has 0 bridgehead atoms. The van der Waals surface area contributed by atoms with Gasteiger partial charge in [0.25, 0.3) is 5.56 Å². The van der Waals surface area contributed by atoms with E-state index in [4.69, 9.17) is 4.98 Å². The highest BCUT2D eigenvalue weighted by Crippen LogP contribution is 2.36. The van der Waals surface area contributed by atoms with Gasteiger partial charge in [-0.1, -0.05) is 32.5 Å². The first-order valence-corrected chi connectivity index (χ1v) is 11.8. The van der Waals surface area contributed by atoms with Crippen LogP contribution in [0.4, 0.5) is 4.79 Å². The number of carbonyl (C=O) groups excluding carboxylic acids is 2. The highest BCUT2D eigenvalue weighted by molar-refractivity contribution is 7.99. The standard InChI is InChI=1S/C20H28N4O3S2/c1-11(2)7-8-24-18(26)16-13-6-5-12(3)9-14(13)29-17(16)23-20(24)28-10-15(25)22-19(27)21-4/h11-12H,5-10H2,1-4H3,(H2,21,22,25,27)/t12-/m1/s1. The summed E-state index contributed by atoms with van der Waals surface area (Å²) in [7, 11) is 1.45. The van der Waals surface area contributed by atoms with Crippen LogP contribution in [0.3, 0.4) is 0 Å². The Balaban J connectivity index is 1.96. The molecule has 3 rings (SSSR count). The van der Waals surface area contributed by atoms with E-state index < -0.39 is 11.9 Å². The van der Waals surface area contributed by atoms with Gasteiger partial charge in [-0.25, -0.2) is 9.78 Å². The molecule has 0 fully saturated rings. The molecule has 0 saturated carbocycles. The van der Waals surface area contributed by atoms with Crippen LogP contribution in [0.1, 0.15) is 44.1 Å². The summed E-state index contributed by atoms with van der Waals surface area (Å²) in [5, 5.41) is 5.90. The van der Waals surface area contributed by atoms with E-state index >= 15 is 0 Å². The predicted molar refractivity (Wildman–Crippen MR) is 118 cm³/mol. The van der Waals surface area contributed by atoms with Crippen LogP contribution in [0.2, 0.25) is 0 Å². The number of imide groups is 1. The van der Waals surface area contributed by atoms with Crippen LogP contribution in [0, 0.1) is 11.8 Å². The van der Waals surface area contributed by atoms with Crippen molar-refractivity contribution in [2.75, 3.05) is 12.8 Å². The Bertz CT molecular complexity index is 980. The van der Waals surface area contributed by atoms with E-state index in [1.165, 1.54) is 29.3 Å². The van der Waals surface area contributed by atoms with Crippen molar-refractivity contribution in [1.82, 2.24) is 20.2 Å². The van der Waals surface area contributed by atoms with Crippen LogP contribution < -0.4 is 16.2 Å². The molecule has 29 heavy (non-hydrogen) atoms. The third-order valence-corrected chi connectivity index (χ3v) is 7.25. The number of carbonyl (C=O) groups is 2. The smallest absolute Gasteiger partial charge is 0.321 e. The Kier molecular flexibility index (Phi) is 7.00. The van der Waals surface area contributed by atoms with Gasteiger partial charge in [-0.3, -0.25) is 19.5 Å². The maximum Gasteiger partial charge on any atom is 0.321 e. The number of thioether (sulfide) groups is 1. The lowest BCUT2D eigenvalue weighted by molar-refractivity contribution is -0.117. The summed E-state index contributed by atoms with van der Waals surface area (Å²) in [6.07, 6.45) is 3.88. The molecule has 3 amide bonds. The number of urea groups is 1. The van der Waals surface area contributed by atoms with E-state index in [0.29, 0.717) is 23.5 Å². The first-order chi connectivity index (χ1) is 13.8. The predicted octanol–water partition coefficient (Wildman–Crippen LogP) is 3.18. The minimum atomic E-state index is -0.545. The largest absolute Gasteiger partial charge is 0.341 e. The zero-order chi connectivity index (χ0) is 21.1. The van der Waals surface area contributed by atoms with Gasteiger partial charge in [0.1, 0.15) is 4.83 Å². The second kappa shape index (κ2) is 9.30. The van der Waals surface area contributed by atoms with E-state index in [-0.39, 0.29) is 11.3 Å². The minimum Gasteiger partial charge on any atom is -0.341 e. The molecule has 0 spiro atoms. The maximum absolute atomic E-state index is 13.4. The molecule has 0 saturated heterocycles.